The highest BCUT2D eigenvalue weighted by molar-refractivity contribution is 6.07. The van der Waals surface area contributed by atoms with Crippen LogP contribution in [0.25, 0.3) is 0 Å². The summed E-state index contributed by atoms with van der Waals surface area (Å²) in [6.45, 7) is 1.96. The van der Waals surface area contributed by atoms with E-state index in [0.29, 0.717) is 24.1 Å². The SMILES string of the molecule is C[C@]1(c2cccc(C#N)c2)NC(=O)N(CCc2ccncc2)C1=O. The molecule has 3 amide bonds. The Labute approximate surface area is 139 Å². The molecule has 2 heterocycles. The minimum atomic E-state index is -1.15. The first kappa shape index (κ1) is 15.7. The van der Waals surface area contributed by atoms with Gasteiger partial charge in [0.25, 0.3) is 5.91 Å². The van der Waals surface area contributed by atoms with E-state index in [-0.39, 0.29) is 5.91 Å². The van der Waals surface area contributed by atoms with E-state index in [1.165, 1.54) is 4.90 Å². The summed E-state index contributed by atoms with van der Waals surface area (Å²) in [6.07, 6.45) is 3.92. The molecule has 0 bridgehead atoms. The lowest BCUT2D eigenvalue weighted by Gasteiger charge is -2.22. The predicted octanol–water partition coefficient (Wildman–Crippen LogP) is 1.96. The molecular formula is C18H16N4O2. The van der Waals surface area contributed by atoms with Crippen molar-refractivity contribution in [2.45, 2.75) is 18.9 Å². The monoisotopic (exact) mass is 320 g/mol. The number of pyridine rings is 1. The van der Waals surface area contributed by atoms with Crippen molar-refractivity contribution in [3.8, 4) is 6.07 Å². The number of nitrogens with zero attached hydrogens (tertiary/aromatic N) is 3. The van der Waals surface area contributed by atoms with E-state index in [2.05, 4.69) is 10.3 Å². The van der Waals surface area contributed by atoms with Crippen molar-refractivity contribution < 1.29 is 9.59 Å². The van der Waals surface area contributed by atoms with Crippen molar-refractivity contribution in [2.24, 2.45) is 0 Å². The van der Waals surface area contributed by atoms with Crippen molar-refractivity contribution in [3.05, 3.63) is 65.5 Å². The van der Waals surface area contributed by atoms with Crippen LogP contribution in [0.1, 0.15) is 23.6 Å². The Hall–Kier alpha value is -3.20. The summed E-state index contributed by atoms with van der Waals surface area (Å²) in [6, 6.07) is 12.1. The van der Waals surface area contributed by atoms with Gasteiger partial charge in [0, 0.05) is 18.9 Å². The van der Waals surface area contributed by atoms with Crippen molar-refractivity contribution in [2.75, 3.05) is 6.54 Å². The molecular weight excluding hydrogens is 304 g/mol. The third kappa shape index (κ3) is 2.72. The molecule has 1 aromatic heterocycles. The maximum Gasteiger partial charge on any atom is 0.325 e. The highest BCUT2D eigenvalue weighted by atomic mass is 16.2. The largest absolute Gasteiger partial charge is 0.325 e. The van der Waals surface area contributed by atoms with Gasteiger partial charge in [-0.05, 0) is 48.7 Å². The van der Waals surface area contributed by atoms with E-state index < -0.39 is 11.6 Å². The number of benzene rings is 1. The standard InChI is InChI=1S/C18H16N4O2/c1-18(15-4-2-3-14(11-15)12-19)16(23)22(17(24)21-18)10-7-13-5-8-20-9-6-13/h2-6,8-9,11H,7,10H2,1H3,(H,21,24)/t18-/m1/s1. The van der Waals surface area contributed by atoms with Crippen LogP contribution in [0.4, 0.5) is 4.79 Å². The number of aromatic nitrogens is 1. The first-order valence-corrected chi connectivity index (χ1v) is 7.58. The van der Waals surface area contributed by atoms with E-state index in [9.17, 15) is 9.59 Å². The van der Waals surface area contributed by atoms with Crippen LogP contribution in [0.5, 0.6) is 0 Å². The van der Waals surface area contributed by atoms with E-state index >= 15 is 0 Å². The minimum absolute atomic E-state index is 0.294. The van der Waals surface area contributed by atoms with Crippen molar-refractivity contribution in [3.63, 3.8) is 0 Å². The number of hydrogen-bond acceptors (Lipinski definition) is 4. The highest BCUT2D eigenvalue weighted by Crippen LogP contribution is 2.29. The van der Waals surface area contributed by atoms with Crippen LogP contribution in [0.2, 0.25) is 0 Å². The number of carbonyl (C=O) groups excluding carboxylic acids is 2. The molecule has 6 heteroatoms. The maximum atomic E-state index is 12.8. The number of nitrogens with one attached hydrogen (secondary N) is 1. The number of imide groups is 1. The number of nitriles is 1. The fourth-order valence-corrected chi connectivity index (χ4v) is 2.79. The normalized spacial score (nSPS) is 19.9. The molecule has 1 atom stereocenters. The molecule has 1 aromatic carbocycles. The summed E-state index contributed by atoms with van der Waals surface area (Å²) in [7, 11) is 0. The first-order valence-electron chi connectivity index (χ1n) is 7.58. The molecule has 0 unspecified atom stereocenters. The van der Waals surface area contributed by atoms with E-state index in [1.807, 2.05) is 18.2 Å². The molecule has 1 aliphatic rings. The lowest BCUT2D eigenvalue weighted by molar-refractivity contribution is -0.131. The van der Waals surface area contributed by atoms with Crippen LogP contribution < -0.4 is 5.32 Å². The van der Waals surface area contributed by atoms with Gasteiger partial charge in [-0.2, -0.15) is 5.26 Å². The second kappa shape index (κ2) is 6.13. The molecule has 1 saturated heterocycles. The second-order valence-corrected chi connectivity index (χ2v) is 5.81. The highest BCUT2D eigenvalue weighted by Gasteiger charge is 2.48. The van der Waals surface area contributed by atoms with E-state index in [1.54, 1.807) is 43.6 Å². The van der Waals surface area contributed by atoms with Gasteiger partial charge in [0.1, 0.15) is 5.54 Å². The number of rotatable bonds is 4. The average molecular weight is 320 g/mol. The summed E-state index contributed by atoms with van der Waals surface area (Å²) in [5, 5.41) is 11.8. The number of amides is 3. The van der Waals surface area contributed by atoms with Crippen LogP contribution >= 0.6 is 0 Å². The van der Waals surface area contributed by atoms with Crippen LogP contribution in [0, 0.1) is 11.3 Å². The molecule has 24 heavy (non-hydrogen) atoms. The van der Waals surface area contributed by atoms with Crippen LogP contribution in [-0.4, -0.2) is 28.4 Å². The van der Waals surface area contributed by atoms with Gasteiger partial charge in [-0.3, -0.25) is 14.7 Å². The van der Waals surface area contributed by atoms with Crippen LogP contribution in [0.15, 0.2) is 48.8 Å². The van der Waals surface area contributed by atoms with Gasteiger partial charge in [0.05, 0.1) is 11.6 Å². The Morgan fingerprint density at radius 3 is 2.71 bits per heavy atom. The third-order valence-corrected chi connectivity index (χ3v) is 4.22. The Balaban J connectivity index is 1.81. The van der Waals surface area contributed by atoms with Gasteiger partial charge in [-0.15, -0.1) is 0 Å². The molecule has 3 rings (SSSR count). The zero-order valence-corrected chi connectivity index (χ0v) is 13.2. The first-order chi connectivity index (χ1) is 11.5. The van der Waals surface area contributed by atoms with Crippen molar-refractivity contribution >= 4 is 11.9 Å². The van der Waals surface area contributed by atoms with E-state index in [0.717, 1.165) is 5.56 Å². The molecule has 0 saturated carbocycles. The van der Waals surface area contributed by atoms with Gasteiger partial charge >= 0.3 is 6.03 Å². The van der Waals surface area contributed by atoms with Gasteiger partial charge < -0.3 is 5.32 Å². The summed E-state index contributed by atoms with van der Waals surface area (Å²) >= 11 is 0. The maximum absolute atomic E-state index is 12.8. The molecule has 0 radical (unpaired) electrons. The van der Waals surface area contributed by atoms with Crippen molar-refractivity contribution in [1.29, 1.82) is 5.26 Å². The van der Waals surface area contributed by atoms with Gasteiger partial charge in [-0.1, -0.05) is 12.1 Å². The van der Waals surface area contributed by atoms with Crippen molar-refractivity contribution in [1.82, 2.24) is 15.2 Å². The lowest BCUT2D eigenvalue weighted by atomic mass is 9.91. The van der Waals surface area contributed by atoms with Gasteiger partial charge in [0.15, 0.2) is 0 Å². The second-order valence-electron chi connectivity index (χ2n) is 5.81. The van der Waals surface area contributed by atoms with Crippen LogP contribution in [-0.2, 0) is 16.8 Å². The minimum Gasteiger partial charge on any atom is -0.319 e. The lowest BCUT2D eigenvalue weighted by Crippen LogP contribution is -2.41. The quantitative estimate of drug-likeness (QED) is 0.873. The molecule has 2 aromatic rings. The smallest absolute Gasteiger partial charge is 0.319 e. The predicted molar refractivity (Wildman–Crippen MR) is 86.7 cm³/mol. The molecule has 1 aliphatic heterocycles. The van der Waals surface area contributed by atoms with Gasteiger partial charge in [0.2, 0.25) is 0 Å². The Bertz CT molecular complexity index is 828. The summed E-state index contributed by atoms with van der Waals surface area (Å²) < 4.78 is 0. The van der Waals surface area contributed by atoms with E-state index in [4.69, 9.17) is 5.26 Å². The fourth-order valence-electron chi connectivity index (χ4n) is 2.79. The topological polar surface area (TPSA) is 86.1 Å². The summed E-state index contributed by atoms with van der Waals surface area (Å²) in [5.41, 5.74) is 0.908. The average Bonchev–Trinajstić information content (AvgIpc) is 2.84. The Morgan fingerprint density at radius 1 is 1.25 bits per heavy atom. The molecule has 1 fully saturated rings. The molecule has 0 aliphatic carbocycles. The zero-order chi connectivity index (χ0) is 17.2. The molecule has 1 N–H and O–H groups in total. The number of carbonyl (C=O) groups is 2. The molecule has 120 valence electrons. The Morgan fingerprint density at radius 2 is 2.00 bits per heavy atom. The molecule has 0 spiro atoms. The zero-order valence-electron chi connectivity index (χ0n) is 13.2. The number of hydrogen-bond donors (Lipinski definition) is 1. The van der Waals surface area contributed by atoms with Crippen LogP contribution in [0.3, 0.4) is 0 Å². The summed E-state index contributed by atoms with van der Waals surface area (Å²) in [4.78, 5) is 30.2. The number of urea groups is 1. The van der Waals surface area contributed by atoms with Gasteiger partial charge in [-0.25, -0.2) is 4.79 Å². The fraction of sp³-hybridized carbons (Fsp3) is 0.222. The molecule has 6 nitrogen and oxygen atoms in total. The Kier molecular flexibility index (Phi) is 4.00. The third-order valence-electron chi connectivity index (χ3n) is 4.22. The summed E-state index contributed by atoms with van der Waals surface area (Å²) in [5.74, 6) is -0.309.